The van der Waals surface area contributed by atoms with Crippen molar-refractivity contribution in [3.8, 4) is 5.75 Å². The highest BCUT2D eigenvalue weighted by Gasteiger charge is 2.23. The number of ether oxygens (including phenoxy) is 1. The number of amides is 2. The monoisotopic (exact) mass is 402 g/mol. The molecule has 1 aliphatic rings. The molecule has 0 aliphatic heterocycles. The molecule has 1 aromatic heterocycles. The number of thioether (sulfide) groups is 1. The van der Waals surface area contributed by atoms with E-state index < -0.39 is 0 Å². The smallest absolute Gasteiger partial charge is 0.251 e. The number of rotatable bonds is 9. The molecule has 8 nitrogen and oxygen atoms in total. The van der Waals surface area contributed by atoms with Crippen molar-refractivity contribution in [3.05, 3.63) is 46.4 Å². The van der Waals surface area contributed by atoms with Crippen LogP contribution in [0.1, 0.15) is 25.5 Å². The van der Waals surface area contributed by atoms with Crippen LogP contribution in [0, 0.1) is 0 Å². The number of aromatic nitrogens is 2. The third-order valence-corrected chi connectivity index (χ3v) is 4.72. The van der Waals surface area contributed by atoms with Gasteiger partial charge in [0.25, 0.3) is 5.56 Å². The Kier molecular flexibility index (Phi) is 6.70. The van der Waals surface area contributed by atoms with Crippen molar-refractivity contribution in [2.75, 3.05) is 17.7 Å². The Morgan fingerprint density at radius 1 is 1.25 bits per heavy atom. The van der Waals surface area contributed by atoms with Crippen molar-refractivity contribution >= 4 is 29.3 Å². The van der Waals surface area contributed by atoms with Gasteiger partial charge in [0.2, 0.25) is 11.8 Å². The number of nitrogens with zero attached hydrogens (tertiary/aromatic N) is 1. The van der Waals surface area contributed by atoms with Gasteiger partial charge in [-0.15, -0.1) is 0 Å². The summed E-state index contributed by atoms with van der Waals surface area (Å²) in [6.07, 6.45) is 2.05. The maximum absolute atomic E-state index is 12.1. The van der Waals surface area contributed by atoms with Gasteiger partial charge in [-0.2, -0.15) is 0 Å². The molecule has 1 aliphatic carbocycles. The second-order valence-electron chi connectivity index (χ2n) is 6.35. The Labute approximate surface area is 166 Å². The summed E-state index contributed by atoms with van der Waals surface area (Å²) in [5.41, 5.74) is 0.691. The average molecular weight is 402 g/mol. The van der Waals surface area contributed by atoms with Crippen LogP contribution in [0.4, 0.5) is 5.69 Å². The molecule has 0 spiro atoms. The number of benzene rings is 1. The fraction of sp³-hybridized carbons (Fsp3) is 0.368. The number of H-pyrrole nitrogens is 1. The van der Waals surface area contributed by atoms with Gasteiger partial charge in [0.05, 0.1) is 24.5 Å². The van der Waals surface area contributed by atoms with Crippen LogP contribution in [-0.4, -0.2) is 40.2 Å². The van der Waals surface area contributed by atoms with Crippen molar-refractivity contribution in [2.45, 2.75) is 37.4 Å². The van der Waals surface area contributed by atoms with Crippen LogP contribution in [0.2, 0.25) is 0 Å². The van der Waals surface area contributed by atoms with E-state index >= 15 is 0 Å². The predicted octanol–water partition coefficient (Wildman–Crippen LogP) is 1.72. The van der Waals surface area contributed by atoms with E-state index in [0.29, 0.717) is 23.1 Å². The second kappa shape index (κ2) is 9.41. The number of hydrogen-bond donors (Lipinski definition) is 3. The zero-order valence-corrected chi connectivity index (χ0v) is 16.3. The molecule has 3 rings (SSSR count). The summed E-state index contributed by atoms with van der Waals surface area (Å²) in [6.45, 7) is 2.48. The van der Waals surface area contributed by atoms with Gasteiger partial charge in [-0.1, -0.05) is 11.8 Å². The lowest BCUT2D eigenvalue weighted by Crippen LogP contribution is -2.28. The molecule has 1 aromatic carbocycles. The normalized spacial score (nSPS) is 13.0. The van der Waals surface area contributed by atoms with E-state index in [1.165, 1.54) is 6.07 Å². The van der Waals surface area contributed by atoms with Crippen molar-refractivity contribution in [3.63, 3.8) is 0 Å². The minimum Gasteiger partial charge on any atom is -0.494 e. The van der Waals surface area contributed by atoms with Gasteiger partial charge in [-0.05, 0) is 44.0 Å². The standard InChI is InChI=1S/C19H22N4O4S/c1-2-27-15-7-5-13(6-8-15)21-18(26)11-28-19-22-14(10-17(25)23-19)9-16(24)20-12-3-4-12/h5-8,10,12H,2-4,9,11H2,1H3,(H,20,24)(H,21,26)(H,22,23,25). The van der Waals surface area contributed by atoms with Crippen molar-refractivity contribution in [1.29, 1.82) is 0 Å². The van der Waals surface area contributed by atoms with Gasteiger partial charge in [0, 0.05) is 17.8 Å². The highest BCUT2D eigenvalue weighted by molar-refractivity contribution is 7.99. The molecule has 28 heavy (non-hydrogen) atoms. The third kappa shape index (κ3) is 6.41. The molecular weight excluding hydrogens is 380 g/mol. The fourth-order valence-electron chi connectivity index (χ4n) is 2.45. The molecule has 2 amide bonds. The quantitative estimate of drug-likeness (QED) is 0.435. The van der Waals surface area contributed by atoms with Crippen molar-refractivity contribution in [1.82, 2.24) is 15.3 Å². The Morgan fingerprint density at radius 3 is 2.68 bits per heavy atom. The summed E-state index contributed by atoms with van der Waals surface area (Å²) in [4.78, 5) is 42.6. The predicted molar refractivity (Wildman–Crippen MR) is 107 cm³/mol. The lowest BCUT2D eigenvalue weighted by Gasteiger charge is -2.07. The molecule has 1 fully saturated rings. The molecule has 0 saturated heterocycles. The van der Waals surface area contributed by atoms with Gasteiger partial charge in [-0.3, -0.25) is 14.4 Å². The average Bonchev–Trinajstić information content (AvgIpc) is 3.45. The molecule has 1 saturated carbocycles. The lowest BCUT2D eigenvalue weighted by atomic mass is 10.3. The van der Waals surface area contributed by atoms with E-state index in [-0.39, 0.29) is 35.6 Å². The van der Waals surface area contributed by atoms with Crippen molar-refractivity contribution < 1.29 is 14.3 Å². The molecule has 0 atom stereocenters. The lowest BCUT2D eigenvalue weighted by molar-refractivity contribution is -0.120. The first-order valence-corrected chi connectivity index (χ1v) is 10.1. The molecule has 1 heterocycles. The van der Waals surface area contributed by atoms with Crippen LogP contribution in [0.3, 0.4) is 0 Å². The van der Waals surface area contributed by atoms with Gasteiger partial charge < -0.3 is 20.4 Å². The van der Waals surface area contributed by atoms with E-state index in [1.807, 2.05) is 6.92 Å². The van der Waals surface area contributed by atoms with E-state index in [4.69, 9.17) is 4.74 Å². The van der Waals surface area contributed by atoms with Crippen LogP contribution in [-0.2, 0) is 16.0 Å². The first-order chi connectivity index (χ1) is 13.5. The second-order valence-corrected chi connectivity index (χ2v) is 7.32. The van der Waals surface area contributed by atoms with Crippen LogP contribution >= 0.6 is 11.8 Å². The van der Waals surface area contributed by atoms with Gasteiger partial charge in [0.1, 0.15) is 5.75 Å². The highest BCUT2D eigenvalue weighted by Crippen LogP contribution is 2.19. The minimum atomic E-state index is -0.348. The SMILES string of the molecule is CCOc1ccc(NC(=O)CSc2nc(CC(=O)NC3CC3)cc(=O)[nH]2)cc1. The fourth-order valence-corrected chi connectivity index (χ4v) is 3.14. The Hall–Kier alpha value is -2.81. The number of carbonyl (C=O) groups excluding carboxylic acids is 2. The number of anilines is 1. The Morgan fingerprint density at radius 2 is 2.00 bits per heavy atom. The number of nitrogens with one attached hydrogen (secondary N) is 3. The summed E-state index contributed by atoms with van der Waals surface area (Å²) >= 11 is 1.11. The van der Waals surface area contributed by atoms with Crippen LogP contribution in [0.5, 0.6) is 5.75 Å². The molecule has 3 N–H and O–H groups in total. The van der Waals surface area contributed by atoms with Crippen LogP contribution in [0.15, 0.2) is 40.3 Å². The van der Waals surface area contributed by atoms with Gasteiger partial charge >= 0.3 is 0 Å². The third-order valence-electron chi connectivity index (χ3n) is 3.85. The molecule has 0 radical (unpaired) electrons. The van der Waals surface area contributed by atoms with Crippen molar-refractivity contribution in [2.24, 2.45) is 0 Å². The summed E-state index contributed by atoms with van der Waals surface area (Å²) in [5.74, 6) is 0.436. The summed E-state index contributed by atoms with van der Waals surface area (Å²) in [5, 5.41) is 5.94. The Bertz CT molecular complexity index is 894. The maximum Gasteiger partial charge on any atom is 0.251 e. The first kappa shape index (κ1) is 19.9. The van der Waals surface area contributed by atoms with Crippen LogP contribution in [0.25, 0.3) is 0 Å². The number of aromatic amines is 1. The van der Waals surface area contributed by atoms with E-state index in [2.05, 4.69) is 20.6 Å². The first-order valence-electron chi connectivity index (χ1n) is 9.07. The van der Waals surface area contributed by atoms with Crippen LogP contribution < -0.4 is 20.9 Å². The molecule has 148 valence electrons. The summed E-state index contributed by atoms with van der Waals surface area (Å²) in [7, 11) is 0. The van der Waals surface area contributed by atoms with Gasteiger partial charge in [0.15, 0.2) is 5.16 Å². The summed E-state index contributed by atoms with van der Waals surface area (Å²) in [6, 6.07) is 8.63. The zero-order chi connectivity index (χ0) is 19.9. The molecule has 0 bridgehead atoms. The zero-order valence-electron chi connectivity index (χ0n) is 15.5. The van der Waals surface area contributed by atoms with Gasteiger partial charge in [-0.25, -0.2) is 4.98 Å². The number of hydrogen-bond acceptors (Lipinski definition) is 6. The Balaban J connectivity index is 1.52. The molecular formula is C19H22N4O4S. The topological polar surface area (TPSA) is 113 Å². The molecule has 0 unspecified atom stereocenters. The molecule has 9 heteroatoms. The molecule has 2 aromatic rings. The van der Waals surface area contributed by atoms with E-state index in [0.717, 1.165) is 30.4 Å². The largest absolute Gasteiger partial charge is 0.494 e. The maximum atomic E-state index is 12.1. The van der Waals surface area contributed by atoms with E-state index in [9.17, 15) is 14.4 Å². The highest BCUT2D eigenvalue weighted by atomic mass is 32.2. The summed E-state index contributed by atoms with van der Waals surface area (Å²) < 4.78 is 5.36. The number of carbonyl (C=O) groups is 2. The van der Waals surface area contributed by atoms with E-state index in [1.54, 1.807) is 24.3 Å². The minimum absolute atomic E-state index is 0.0480.